The second kappa shape index (κ2) is 6.19. The molecule has 2 fully saturated rings. The molecule has 1 spiro atoms. The molecule has 0 bridgehead atoms. The van der Waals surface area contributed by atoms with Gasteiger partial charge in [-0.15, -0.1) is 0 Å². The van der Waals surface area contributed by atoms with E-state index >= 15 is 0 Å². The van der Waals surface area contributed by atoms with Gasteiger partial charge >= 0.3 is 0 Å². The predicted octanol–water partition coefficient (Wildman–Crippen LogP) is 3.27. The maximum Gasteiger partial charge on any atom is 0.243 e. The van der Waals surface area contributed by atoms with E-state index in [1.165, 1.54) is 0 Å². The number of rotatable bonds is 3. The maximum atomic E-state index is 13.1. The zero-order valence-corrected chi connectivity index (χ0v) is 15.2. The summed E-state index contributed by atoms with van der Waals surface area (Å²) in [6, 6.07) is 5.58. The molecule has 1 heterocycles. The Hall–Kier alpha value is -0.910. The van der Waals surface area contributed by atoms with Gasteiger partial charge in [0, 0.05) is 25.6 Å². The van der Waals surface area contributed by atoms with Crippen LogP contribution in [-0.4, -0.2) is 39.0 Å². The van der Waals surface area contributed by atoms with Crippen LogP contribution in [0.5, 0.6) is 0 Å². The lowest BCUT2D eigenvalue weighted by molar-refractivity contribution is -0.0184. The zero-order valence-electron chi connectivity index (χ0n) is 14.3. The van der Waals surface area contributed by atoms with E-state index in [0.29, 0.717) is 18.0 Å². The first kappa shape index (κ1) is 16.9. The number of nitrogens with zero attached hydrogens (tertiary/aromatic N) is 1. The van der Waals surface area contributed by atoms with Crippen molar-refractivity contribution < 1.29 is 13.2 Å². The van der Waals surface area contributed by atoms with Crippen molar-refractivity contribution in [3.8, 4) is 0 Å². The van der Waals surface area contributed by atoms with Crippen LogP contribution < -0.4 is 0 Å². The average Bonchev–Trinajstić information content (AvgIpc) is 2.88. The number of hydrogen-bond donors (Lipinski definition) is 0. The van der Waals surface area contributed by atoms with Crippen LogP contribution >= 0.6 is 0 Å². The van der Waals surface area contributed by atoms with Gasteiger partial charge in [0.05, 0.1) is 11.0 Å². The molecule has 1 saturated heterocycles. The van der Waals surface area contributed by atoms with Gasteiger partial charge in [-0.2, -0.15) is 4.31 Å². The van der Waals surface area contributed by atoms with Crippen LogP contribution in [0.15, 0.2) is 23.1 Å². The molecule has 2 aliphatic rings. The summed E-state index contributed by atoms with van der Waals surface area (Å²) in [5, 5.41) is 0. The van der Waals surface area contributed by atoms with Gasteiger partial charge in [0.25, 0.3) is 0 Å². The Labute approximate surface area is 139 Å². The lowest BCUT2D eigenvalue weighted by Gasteiger charge is -2.43. The molecular weight excluding hydrogens is 310 g/mol. The van der Waals surface area contributed by atoms with Crippen LogP contribution in [0.3, 0.4) is 0 Å². The molecule has 3 rings (SSSR count). The average molecular weight is 337 g/mol. The fourth-order valence-corrected chi connectivity index (χ4v) is 6.27. The Morgan fingerprint density at radius 1 is 1.22 bits per heavy atom. The molecule has 2 atom stereocenters. The van der Waals surface area contributed by atoms with Crippen LogP contribution in [-0.2, 0) is 14.8 Å². The van der Waals surface area contributed by atoms with Gasteiger partial charge in [0.1, 0.15) is 0 Å². The van der Waals surface area contributed by atoms with E-state index < -0.39 is 10.0 Å². The smallest absolute Gasteiger partial charge is 0.243 e. The fourth-order valence-electron chi connectivity index (χ4n) is 4.49. The Morgan fingerprint density at radius 2 is 1.96 bits per heavy atom. The van der Waals surface area contributed by atoms with E-state index in [0.717, 1.165) is 43.2 Å². The molecule has 4 nitrogen and oxygen atoms in total. The molecule has 0 unspecified atom stereocenters. The van der Waals surface area contributed by atoms with Crippen molar-refractivity contribution in [2.45, 2.75) is 57.0 Å². The molecule has 1 aliphatic heterocycles. The van der Waals surface area contributed by atoms with Gasteiger partial charge in [-0.25, -0.2) is 8.42 Å². The van der Waals surface area contributed by atoms with Crippen LogP contribution in [0.25, 0.3) is 0 Å². The Bertz CT molecular complexity index is 686. The summed E-state index contributed by atoms with van der Waals surface area (Å²) >= 11 is 0. The first-order valence-corrected chi connectivity index (χ1v) is 9.93. The predicted molar refractivity (Wildman–Crippen MR) is 91.0 cm³/mol. The highest BCUT2D eigenvalue weighted by atomic mass is 32.2. The van der Waals surface area contributed by atoms with Gasteiger partial charge < -0.3 is 4.74 Å². The molecule has 128 valence electrons. The Morgan fingerprint density at radius 3 is 2.65 bits per heavy atom. The molecule has 1 aromatic rings. The summed E-state index contributed by atoms with van der Waals surface area (Å²) < 4.78 is 33.7. The van der Waals surface area contributed by atoms with Crippen molar-refractivity contribution in [3.05, 3.63) is 29.3 Å². The van der Waals surface area contributed by atoms with Crippen molar-refractivity contribution in [2.24, 2.45) is 5.41 Å². The second-order valence-corrected chi connectivity index (χ2v) is 9.10. The lowest BCUT2D eigenvalue weighted by Crippen LogP contribution is -2.49. The van der Waals surface area contributed by atoms with Crippen molar-refractivity contribution in [1.82, 2.24) is 4.31 Å². The zero-order chi connectivity index (χ0) is 16.7. The van der Waals surface area contributed by atoms with E-state index in [-0.39, 0.29) is 11.5 Å². The van der Waals surface area contributed by atoms with Crippen LogP contribution in [0.1, 0.15) is 43.2 Å². The number of methoxy groups -OCH3 is 1. The largest absolute Gasteiger partial charge is 0.381 e. The maximum absolute atomic E-state index is 13.1. The summed E-state index contributed by atoms with van der Waals surface area (Å²) in [6.45, 7) is 5.09. The monoisotopic (exact) mass is 337 g/mol. The van der Waals surface area contributed by atoms with Crippen LogP contribution in [0.4, 0.5) is 0 Å². The highest BCUT2D eigenvalue weighted by Crippen LogP contribution is 2.47. The van der Waals surface area contributed by atoms with E-state index in [1.807, 2.05) is 26.0 Å². The standard InChI is InChI=1S/C18H27NO3S/c1-14-7-8-16(15(2)12-14)23(20,21)19-11-5-10-18(13-19)9-4-6-17(18)22-3/h7-8,12,17H,4-6,9-11,13H2,1-3H3/t17-,18+/m1/s1. The van der Waals surface area contributed by atoms with Gasteiger partial charge in [-0.3, -0.25) is 0 Å². The van der Waals surface area contributed by atoms with Gasteiger partial charge in [-0.1, -0.05) is 24.1 Å². The summed E-state index contributed by atoms with van der Waals surface area (Å²) in [7, 11) is -1.67. The Kier molecular flexibility index (Phi) is 4.55. The number of benzene rings is 1. The lowest BCUT2D eigenvalue weighted by atomic mass is 9.77. The van der Waals surface area contributed by atoms with Crippen molar-refractivity contribution in [1.29, 1.82) is 0 Å². The first-order valence-electron chi connectivity index (χ1n) is 8.49. The number of aryl methyl sites for hydroxylation is 2. The van der Waals surface area contributed by atoms with Crippen molar-refractivity contribution >= 4 is 10.0 Å². The highest BCUT2D eigenvalue weighted by Gasteiger charge is 2.48. The van der Waals surface area contributed by atoms with Crippen molar-refractivity contribution in [2.75, 3.05) is 20.2 Å². The fraction of sp³-hybridized carbons (Fsp3) is 0.667. The molecule has 0 N–H and O–H groups in total. The third-order valence-corrected chi connectivity index (χ3v) is 7.64. The molecule has 5 heteroatoms. The van der Waals surface area contributed by atoms with Gasteiger partial charge in [-0.05, 0) is 51.2 Å². The Balaban J connectivity index is 1.91. The molecular formula is C18H27NO3S. The van der Waals surface area contributed by atoms with E-state index in [9.17, 15) is 8.42 Å². The topological polar surface area (TPSA) is 46.6 Å². The minimum absolute atomic E-state index is 0.0126. The first-order chi connectivity index (χ1) is 10.9. The second-order valence-electron chi connectivity index (χ2n) is 7.19. The third kappa shape index (κ3) is 2.94. The summed E-state index contributed by atoms with van der Waals surface area (Å²) in [5.74, 6) is 0. The highest BCUT2D eigenvalue weighted by molar-refractivity contribution is 7.89. The molecule has 0 amide bonds. The van der Waals surface area contributed by atoms with E-state index in [2.05, 4.69) is 0 Å². The van der Waals surface area contributed by atoms with E-state index in [1.54, 1.807) is 17.5 Å². The molecule has 23 heavy (non-hydrogen) atoms. The summed E-state index contributed by atoms with van der Waals surface area (Å²) in [6.07, 6.45) is 5.45. The summed E-state index contributed by atoms with van der Waals surface area (Å²) in [4.78, 5) is 0.451. The molecule has 0 radical (unpaired) electrons. The molecule has 0 aromatic heterocycles. The molecule has 1 aromatic carbocycles. The minimum Gasteiger partial charge on any atom is -0.381 e. The molecule has 1 aliphatic carbocycles. The van der Waals surface area contributed by atoms with E-state index in [4.69, 9.17) is 4.74 Å². The van der Waals surface area contributed by atoms with Crippen LogP contribution in [0.2, 0.25) is 0 Å². The quantitative estimate of drug-likeness (QED) is 0.850. The SMILES string of the molecule is CO[C@@H]1CCC[C@@]12CCCN(S(=O)(=O)c1ccc(C)cc1C)C2. The summed E-state index contributed by atoms with van der Waals surface area (Å²) in [5.41, 5.74) is 1.93. The normalized spacial score (nSPS) is 29.3. The van der Waals surface area contributed by atoms with Gasteiger partial charge in [0.15, 0.2) is 0 Å². The van der Waals surface area contributed by atoms with Crippen molar-refractivity contribution in [3.63, 3.8) is 0 Å². The molecule has 1 saturated carbocycles. The van der Waals surface area contributed by atoms with Crippen LogP contribution in [0, 0.1) is 19.3 Å². The van der Waals surface area contributed by atoms with Gasteiger partial charge in [0.2, 0.25) is 10.0 Å². The number of hydrogen-bond acceptors (Lipinski definition) is 3. The minimum atomic E-state index is -3.43. The number of piperidine rings is 1. The number of ether oxygens (including phenoxy) is 1. The number of sulfonamides is 1. The third-order valence-electron chi connectivity index (χ3n) is 5.63.